The molecular weight excluding hydrogens is 260 g/mol. The number of benzene rings is 2. The van der Waals surface area contributed by atoms with Crippen LogP contribution in [-0.4, -0.2) is 12.8 Å². The Balaban J connectivity index is 2.46. The first-order chi connectivity index (χ1) is 10.3. The minimum absolute atomic E-state index is 0.527. The van der Waals surface area contributed by atoms with Crippen molar-refractivity contribution in [2.45, 2.75) is 19.8 Å². The van der Waals surface area contributed by atoms with Gasteiger partial charge in [-0.05, 0) is 36.8 Å². The van der Waals surface area contributed by atoms with Crippen LogP contribution < -0.4 is 4.90 Å². The van der Waals surface area contributed by atoms with Crippen LogP contribution in [0.5, 0.6) is 0 Å². The first kappa shape index (κ1) is 14.8. The SMILES string of the molecule is CCCCN(c1ccccc1)c1ccc(C=O)cc1C#N. The molecule has 0 spiro atoms. The molecule has 0 aliphatic rings. The molecule has 0 saturated carbocycles. The standard InChI is InChI=1S/C18H18N2O/c1-2-3-11-20(17-7-5-4-6-8-17)18-10-9-15(14-21)12-16(18)13-19/h4-10,12,14H,2-3,11H2,1H3. The second kappa shape index (κ2) is 7.25. The molecule has 0 heterocycles. The van der Waals surface area contributed by atoms with Gasteiger partial charge in [-0.25, -0.2) is 0 Å². The fraction of sp³-hybridized carbons (Fsp3) is 0.222. The number of para-hydroxylation sites is 1. The molecule has 0 N–H and O–H groups in total. The van der Waals surface area contributed by atoms with E-state index in [-0.39, 0.29) is 0 Å². The van der Waals surface area contributed by atoms with Crippen LogP contribution in [0.3, 0.4) is 0 Å². The van der Waals surface area contributed by atoms with Crippen molar-refractivity contribution in [2.75, 3.05) is 11.4 Å². The summed E-state index contributed by atoms with van der Waals surface area (Å²) in [5.41, 5.74) is 2.96. The highest BCUT2D eigenvalue weighted by Gasteiger charge is 2.13. The third-order valence-corrected chi connectivity index (χ3v) is 3.37. The number of nitrogens with zero attached hydrogens (tertiary/aromatic N) is 2. The molecule has 0 aromatic heterocycles. The van der Waals surface area contributed by atoms with Gasteiger partial charge in [0.1, 0.15) is 12.4 Å². The minimum atomic E-state index is 0.527. The van der Waals surface area contributed by atoms with Gasteiger partial charge in [0.2, 0.25) is 0 Å². The third-order valence-electron chi connectivity index (χ3n) is 3.37. The Labute approximate surface area is 125 Å². The molecular formula is C18H18N2O. The van der Waals surface area contributed by atoms with Crippen molar-refractivity contribution in [3.63, 3.8) is 0 Å². The summed E-state index contributed by atoms with van der Waals surface area (Å²) >= 11 is 0. The Morgan fingerprint density at radius 2 is 1.95 bits per heavy atom. The van der Waals surface area contributed by atoms with E-state index in [4.69, 9.17) is 0 Å². The van der Waals surface area contributed by atoms with Crippen molar-refractivity contribution < 1.29 is 4.79 Å². The summed E-state index contributed by atoms with van der Waals surface area (Å²) in [7, 11) is 0. The molecule has 2 aromatic carbocycles. The van der Waals surface area contributed by atoms with E-state index in [2.05, 4.69) is 17.9 Å². The number of aldehydes is 1. The Morgan fingerprint density at radius 1 is 1.19 bits per heavy atom. The lowest BCUT2D eigenvalue weighted by atomic mass is 10.1. The molecule has 0 aliphatic heterocycles. The van der Waals surface area contributed by atoms with Crippen molar-refractivity contribution in [1.29, 1.82) is 5.26 Å². The predicted molar refractivity (Wildman–Crippen MR) is 84.9 cm³/mol. The van der Waals surface area contributed by atoms with Crippen LogP contribution >= 0.6 is 0 Å². The maximum Gasteiger partial charge on any atom is 0.150 e. The van der Waals surface area contributed by atoms with E-state index in [1.165, 1.54) is 0 Å². The molecule has 21 heavy (non-hydrogen) atoms. The second-order valence-electron chi connectivity index (χ2n) is 4.85. The molecule has 0 amide bonds. The zero-order valence-electron chi connectivity index (χ0n) is 12.1. The predicted octanol–water partition coefficient (Wildman–Crippen LogP) is 4.31. The van der Waals surface area contributed by atoms with Gasteiger partial charge >= 0.3 is 0 Å². The van der Waals surface area contributed by atoms with Gasteiger partial charge in [0.25, 0.3) is 0 Å². The molecule has 0 unspecified atom stereocenters. The summed E-state index contributed by atoms with van der Waals surface area (Å²) in [6.07, 6.45) is 2.89. The average molecular weight is 278 g/mol. The van der Waals surface area contributed by atoms with Crippen molar-refractivity contribution in [3.05, 3.63) is 59.7 Å². The molecule has 0 radical (unpaired) electrons. The van der Waals surface area contributed by atoms with Crippen LogP contribution in [0.25, 0.3) is 0 Å². The van der Waals surface area contributed by atoms with Crippen LogP contribution in [0.2, 0.25) is 0 Å². The molecule has 0 fully saturated rings. The van der Waals surface area contributed by atoms with E-state index in [9.17, 15) is 10.1 Å². The summed E-state index contributed by atoms with van der Waals surface area (Å²) in [5, 5.41) is 9.37. The largest absolute Gasteiger partial charge is 0.340 e. The lowest BCUT2D eigenvalue weighted by Gasteiger charge is -2.26. The maximum absolute atomic E-state index is 10.9. The van der Waals surface area contributed by atoms with Crippen LogP contribution in [0.15, 0.2) is 48.5 Å². The number of hydrogen-bond acceptors (Lipinski definition) is 3. The molecule has 2 aromatic rings. The van der Waals surface area contributed by atoms with Crippen molar-refractivity contribution in [3.8, 4) is 6.07 Å². The molecule has 0 atom stereocenters. The molecule has 2 rings (SSSR count). The summed E-state index contributed by atoms with van der Waals surface area (Å²) in [6, 6.07) is 17.5. The second-order valence-corrected chi connectivity index (χ2v) is 4.85. The maximum atomic E-state index is 10.9. The van der Waals surface area contributed by atoms with Crippen molar-refractivity contribution in [2.24, 2.45) is 0 Å². The molecule has 0 saturated heterocycles. The number of carbonyl (C=O) groups excluding carboxylic acids is 1. The van der Waals surface area contributed by atoms with E-state index in [1.807, 2.05) is 36.4 Å². The van der Waals surface area contributed by atoms with E-state index < -0.39 is 0 Å². The number of carbonyl (C=O) groups is 1. The number of hydrogen-bond donors (Lipinski definition) is 0. The number of anilines is 2. The highest BCUT2D eigenvalue weighted by molar-refractivity contribution is 5.79. The smallest absolute Gasteiger partial charge is 0.150 e. The fourth-order valence-corrected chi connectivity index (χ4v) is 2.26. The minimum Gasteiger partial charge on any atom is -0.340 e. The fourth-order valence-electron chi connectivity index (χ4n) is 2.26. The van der Waals surface area contributed by atoms with Gasteiger partial charge in [0, 0.05) is 17.8 Å². The quantitative estimate of drug-likeness (QED) is 0.739. The molecule has 0 aliphatic carbocycles. The highest BCUT2D eigenvalue weighted by atomic mass is 16.1. The zero-order chi connectivity index (χ0) is 15.1. The van der Waals surface area contributed by atoms with Crippen LogP contribution in [0.1, 0.15) is 35.7 Å². The van der Waals surface area contributed by atoms with Gasteiger partial charge in [-0.1, -0.05) is 31.5 Å². The van der Waals surface area contributed by atoms with Gasteiger partial charge in [-0.15, -0.1) is 0 Å². The van der Waals surface area contributed by atoms with E-state index >= 15 is 0 Å². The molecule has 0 bridgehead atoms. The van der Waals surface area contributed by atoms with E-state index in [0.717, 1.165) is 37.0 Å². The van der Waals surface area contributed by atoms with Gasteiger partial charge in [-0.3, -0.25) is 4.79 Å². The lowest BCUT2D eigenvalue weighted by molar-refractivity contribution is 0.112. The summed E-state index contributed by atoms with van der Waals surface area (Å²) in [5.74, 6) is 0. The number of rotatable bonds is 6. The van der Waals surface area contributed by atoms with E-state index in [1.54, 1.807) is 12.1 Å². The molecule has 106 valence electrons. The topological polar surface area (TPSA) is 44.1 Å². The van der Waals surface area contributed by atoms with Crippen LogP contribution in [-0.2, 0) is 0 Å². The average Bonchev–Trinajstić information content (AvgIpc) is 2.56. The highest BCUT2D eigenvalue weighted by Crippen LogP contribution is 2.29. The lowest BCUT2D eigenvalue weighted by Crippen LogP contribution is -2.19. The third kappa shape index (κ3) is 3.49. The van der Waals surface area contributed by atoms with E-state index in [0.29, 0.717) is 11.1 Å². The molecule has 3 heteroatoms. The Bertz CT molecular complexity index is 644. The van der Waals surface area contributed by atoms with Gasteiger partial charge < -0.3 is 4.90 Å². The van der Waals surface area contributed by atoms with Crippen molar-refractivity contribution in [1.82, 2.24) is 0 Å². The number of nitriles is 1. The Kier molecular flexibility index (Phi) is 5.11. The van der Waals surface area contributed by atoms with Crippen LogP contribution in [0, 0.1) is 11.3 Å². The summed E-state index contributed by atoms with van der Waals surface area (Å²) in [4.78, 5) is 13.0. The van der Waals surface area contributed by atoms with Gasteiger partial charge in [0.15, 0.2) is 0 Å². The van der Waals surface area contributed by atoms with Crippen molar-refractivity contribution >= 4 is 17.7 Å². The van der Waals surface area contributed by atoms with Gasteiger partial charge in [0.05, 0.1) is 11.3 Å². The van der Waals surface area contributed by atoms with Gasteiger partial charge in [-0.2, -0.15) is 5.26 Å². The summed E-state index contributed by atoms with van der Waals surface area (Å²) in [6.45, 7) is 2.99. The van der Waals surface area contributed by atoms with Crippen LogP contribution in [0.4, 0.5) is 11.4 Å². The summed E-state index contributed by atoms with van der Waals surface area (Å²) < 4.78 is 0. The molecule has 3 nitrogen and oxygen atoms in total. The Hall–Kier alpha value is -2.60. The first-order valence-corrected chi connectivity index (χ1v) is 7.12. The number of unbranched alkanes of at least 4 members (excludes halogenated alkanes) is 1. The normalized spacial score (nSPS) is 9.90. The first-order valence-electron chi connectivity index (χ1n) is 7.12. The Morgan fingerprint density at radius 3 is 2.57 bits per heavy atom. The monoisotopic (exact) mass is 278 g/mol. The zero-order valence-corrected chi connectivity index (χ0v) is 12.1.